The van der Waals surface area contributed by atoms with Crippen molar-refractivity contribution in [1.29, 1.82) is 0 Å². The number of pyridine rings is 1. The Hall–Kier alpha value is -3.19. The van der Waals surface area contributed by atoms with E-state index in [1.807, 2.05) is 0 Å². The van der Waals surface area contributed by atoms with E-state index in [0.717, 1.165) is 55.8 Å². The van der Waals surface area contributed by atoms with Crippen LogP contribution in [0.1, 0.15) is 53.2 Å². The SMILES string of the molecule is CS(=O)(=O)Nc1cccnc1C1CCC(N2CC(NC(=O)CNC(=O)c3cccc(C(F)(F)F)c3)C2)CC1. The molecule has 1 aliphatic heterocycles. The second-order valence-electron chi connectivity index (χ2n) is 9.80. The topological polar surface area (TPSA) is 120 Å². The molecule has 3 N–H and O–H groups in total. The van der Waals surface area contributed by atoms with Gasteiger partial charge in [0.2, 0.25) is 15.9 Å². The first-order valence-electron chi connectivity index (χ1n) is 12.3. The van der Waals surface area contributed by atoms with Crippen LogP contribution in [-0.2, 0) is 21.0 Å². The number of alkyl halides is 3. The summed E-state index contributed by atoms with van der Waals surface area (Å²) >= 11 is 0. The minimum absolute atomic E-state index is 0.0629. The van der Waals surface area contributed by atoms with Crippen molar-refractivity contribution in [2.45, 2.75) is 49.9 Å². The smallest absolute Gasteiger partial charge is 0.349 e. The molecule has 4 rings (SSSR count). The van der Waals surface area contributed by atoms with Gasteiger partial charge in [-0.1, -0.05) is 6.07 Å². The number of anilines is 1. The molecule has 13 heteroatoms. The standard InChI is InChI=1S/C25H30F3N5O4S/c1-38(36,37)32-21-6-3-11-29-23(21)16-7-9-20(10-8-16)33-14-19(15-33)31-22(34)13-30-24(35)17-4-2-5-18(12-17)25(26,27)28/h2-6,11-12,16,19-20,32H,7-10,13-15H2,1H3,(H,30,35)(H,31,34). The average Bonchev–Trinajstić information content (AvgIpc) is 2.83. The van der Waals surface area contributed by atoms with Crippen LogP contribution in [0.2, 0.25) is 0 Å². The number of nitrogens with one attached hydrogen (secondary N) is 3. The number of likely N-dealkylation sites (tertiary alicyclic amines) is 1. The van der Waals surface area contributed by atoms with Gasteiger partial charge in [0.15, 0.2) is 0 Å². The third-order valence-electron chi connectivity index (χ3n) is 6.87. The molecule has 0 spiro atoms. The van der Waals surface area contributed by atoms with Crippen LogP contribution in [0, 0.1) is 0 Å². The summed E-state index contributed by atoms with van der Waals surface area (Å²) in [4.78, 5) is 31.1. The van der Waals surface area contributed by atoms with Gasteiger partial charge in [0, 0.05) is 36.8 Å². The lowest BCUT2D eigenvalue weighted by Crippen LogP contribution is -2.63. The number of hydrogen-bond acceptors (Lipinski definition) is 6. The Morgan fingerprint density at radius 2 is 1.79 bits per heavy atom. The molecule has 38 heavy (non-hydrogen) atoms. The number of hydrogen-bond donors (Lipinski definition) is 3. The molecule has 0 radical (unpaired) electrons. The zero-order valence-electron chi connectivity index (χ0n) is 20.8. The van der Waals surface area contributed by atoms with E-state index in [4.69, 9.17) is 0 Å². The fraction of sp³-hybridized carbons (Fsp3) is 0.480. The Balaban J connectivity index is 1.19. The minimum Gasteiger partial charge on any atom is -0.349 e. The maximum atomic E-state index is 12.8. The highest BCUT2D eigenvalue weighted by Crippen LogP contribution is 2.38. The molecule has 1 aromatic heterocycles. The van der Waals surface area contributed by atoms with Crippen LogP contribution in [0.15, 0.2) is 42.6 Å². The van der Waals surface area contributed by atoms with E-state index in [1.165, 1.54) is 6.07 Å². The number of carbonyl (C=O) groups is 2. The van der Waals surface area contributed by atoms with Crippen LogP contribution >= 0.6 is 0 Å². The molecule has 206 valence electrons. The molecule has 2 aromatic rings. The highest BCUT2D eigenvalue weighted by atomic mass is 32.2. The quantitative estimate of drug-likeness (QED) is 0.463. The second-order valence-corrected chi connectivity index (χ2v) is 11.5. The number of halogens is 3. The lowest BCUT2D eigenvalue weighted by atomic mass is 9.81. The summed E-state index contributed by atoms with van der Waals surface area (Å²) in [7, 11) is -3.40. The van der Waals surface area contributed by atoms with Gasteiger partial charge in [-0.15, -0.1) is 0 Å². The van der Waals surface area contributed by atoms with Crippen molar-refractivity contribution in [3.05, 3.63) is 59.4 Å². The van der Waals surface area contributed by atoms with E-state index < -0.39 is 33.6 Å². The van der Waals surface area contributed by atoms with Crippen molar-refractivity contribution in [1.82, 2.24) is 20.5 Å². The number of benzene rings is 1. The Labute approximate surface area is 219 Å². The van der Waals surface area contributed by atoms with Crippen molar-refractivity contribution >= 4 is 27.5 Å². The first-order valence-corrected chi connectivity index (χ1v) is 14.2. The molecule has 1 saturated heterocycles. The van der Waals surface area contributed by atoms with E-state index in [2.05, 4.69) is 25.2 Å². The fourth-order valence-electron chi connectivity index (χ4n) is 5.02. The molecule has 1 aliphatic carbocycles. The molecule has 2 fully saturated rings. The van der Waals surface area contributed by atoms with Crippen LogP contribution in [0.3, 0.4) is 0 Å². The Morgan fingerprint density at radius 1 is 1.08 bits per heavy atom. The predicted molar refractivity (Wildman–Crippen MR) is 135 cm³/mol. The van der Waals surface area contributed by atoms with Gasteiger partial charge in [0.25, 0.3) is 5.91 Å². The number of sulfonamides is 1. The molecule has 0 unspecified atom stereocenters. The lowest BCUT2D eigenvalue weighted by Gasteiger charge is -2.46. The largest absolute Gasteiger partial charge is 0.416 e. The number of aromatic nitrogens is 1. The third kappa shape index (κ3) is 7.22. The number of nitrogens with zero attached hydrogens (tertiary/aromatic N) is 2. The van der Waals surface area contributed by atoms with Crippen LogP contribution < -0.4 is 15.4 Å². The van der Waals surface area contributed by atoms with Crippen LogP contribution in [0.5, 0.6) is 0 Å². The van der Waals surface area contributed by atoms with E-state index >= 15 is 0 Å². The summed E-state index contributed by atoms with van der Waals surface area (Å²) in [6.07, 6.45) is 1.81. The van der Waals surface area contributed by atoms with Gasteiger partial charge in [0.05, 0.1) is 35.8 Å². The van der Waals surface area contributed by atoms with Crippen molar-refractivity contribution in [2.24, 2.45) is 0 Å². The molecule has 9 nitrogen and oxygen atoms in total. The third-order valence-corrected chi connectivity index (χ3v) is 7.46. The van der Waals surface area contributed by atoms with Gasteiger partial charge < -0.3 is 10.6 Å². The van der Waals surface area contributed by atoms with Crippen LogP contribution in [-0.4, -0.2) is 68.1 Å². The summed E-state index contributed by atoms with van der Waals surface area (Å²) in [6.45, 7) is 1.02. The Kier molecular flexibility index (Phi) is 8.26. The maximum Gasteiger partial charge on any atom is 0.416 e. The van der Waals surface area contributed by atoms with Crippen LogP contribution in [0.4, 0.5) is 18.9 Å². The lowest BCUT2D eigenvalue weighted by molar-refractivity contribution is -0.137. The number of rotatable bonds is 8. The number of amides is 2. The second kappa shape index (κ2) is 11.3. The first kappa shape index (κ1) is 27.8. The highest BCUT2D eigenvalue weighted by Gasteiger charge is 2.36. The molecule has 0 bridgehead atoms. The summed E-state index contributed by atoms with van der Waals surface area (Å²) < 4.78 is 64.4. The summed E-state index contributed by atoms with van der Waals surface area (Å²) in [6, 6.07) is 7.76. The molecular formula is C25H30F3N5O4S. The van der Waals surface area contributed by atoms with E-state index in [1.54, 1.807) is 18.3 Å². The van der Waals surface area contributed by atoms with Gasteiger partial charge in [-0.3, -0.25) is 24.2 Å². The van der Waals surface area contributed by atoms with Crippen LogP contribution in [0.25, 0.3) is 0 Å². The summed E-state index contributed by atoms with van der Waals surface area (Å²) in [5.74, 6) is -0.991. The molecule has 2 aliphatic rings. The normalized spacial score (nSPS) is 20.8. The van der Waals surface area contributed by atoms with Crippen molar-refractivity contribution in [3.8, 4) is 0 Å². The monoisotopic (exact) mass is 553 g/mol. The van der Waals surface area contributed by atoms with Crippen molar-refractivity contribution < 1.29 is 31.2 Å². The molecule has 2 amide bonds. The summed E-state index contributed by atoms with van der Waals surface area (Å²) in [5, 5.41) is 5.21. The van der Waals surface area contributed by atoms with Gasteiger partial charge in [0.1, 0.15) is 0 Å². The highest BCUT2D eigenvalue weighted by molar-refractivity contribution is 7.92. The fourth-order valence-corrected chi connectivity index (χ4v) is 5.60. The molecular weight excluding hydrogens is 523 g/mol. The van der Waals surface area contributed by atoms with E-state index in [9.17, 15) is 31.2 Å². The van der Waals surface area contributed by atoms with Gasteiger partial charge in [-0.25, -0.2) is 8.42 Å². The number of carbonyl (C=O) groups excluding carboxylic acids is 2. The molecule has 2 heterocycles. The average molecular weight is 554 g/mol. The minimum atomic E-state index is -4.56. The Bertz CT molecular complexity index is 1270. The van der Waals surface area contributed by atoms with Gasteiger partial charge >= 0.3 is 6.18 Å². The van der Waals surface area contributed by atoms with Crippen molar-refractivity contribution in [2.75, 3.05) is 30.6 Å². The summed E-state index contributed by atoms with van der Waals surface area (Å²) in [5.41, 5.74) is 0.190. The van der Waals surface area contributed by atoms with Gasteiger partial charge in [-0.05, 0) is 56.0 Å². The first-order chi connectivity index (χ1) is 17.9. The zero-order chi connectivity index (χ0) is 27.5. The van der Waals surface area contributed by atoms with Crippen molar-refractivity contribution in [3.63, 3.8) is 0 Å². The van der Waals surface area contributed by atoms with E-state index in [-0.39, 0.29) is 24.1 Å². The zero-order valence-corrected chi connectivity index (χ0v) is 21.6. The molecule has 1 aromatic carbocycles. The molecule has 1 saturated carbocycles. The molecule has 0 atom stereocenters. The van der Waals surface area contributed by atoms with Gasteiger partial charge in [-0.2, -0.15) is 13.2 Å². The Morgan fingerprint density at radius 3 is 2.45 bits per heavy atom. The van der Waals surface area contributed by atoms with E-state index in [0.29, 0.717) is 24.8 Å². The predicted octanol–water partition coefficient (Wildman–Crippen LogP) is 2.73. The maximum absolute atomic E-state index is 12.8.